The van der Waals surface area contributed by atoms with E-state index in [1.165, 1.54) is 0 Å². The van der Waals surface area contributed by atoms with Gasteiger partial charge in [0.25, 0.3) is 0 Å². The Labute approximate surface area is 95.0 Å². The Morgan fingerprint density at radius 3 is 2.64 bits per heavy atom. The Hall–Kier alpha value is -0.760. The fraction of sp³-hybridized carbons (Fsp3) is 0.333. The minimum Gasteiger partial charge on any atom is -0.466 e. The van der Waals surface area contributed by atoms with Crippen LogP contribution in [0.5, 0.6) is 0 Å². The molecule has 0 aromatic rings. The molecule has 0 aromatic heterocycles. The van der Waals surface area contributed by atoms with Crippen molar-refractivity contribution in [3.63, 3.8) is 0 Å². The molecule has 0 aliphatic rings. The number of halogens is 1. The van der Waals surface area contributed by atoms with Crippen molar-refractivity contribution in [2.75, 3.05) is 0 Å². The van der Waals surface area contributed by atoms with Gasteiger partial charge in [0.1, 0.15) is 5.76 Å². The summed E-state index contributed by atoms with van der Waals surface area (Å²) in [5, 5.41) is 0. The van der Waals surface area contributed by atoms with E-state index in [-0.39, 0.29) is 0 Å². The van der Waals surface area contributed by atoms with Gasteiger partial charge in [0, 0.05) is 4.48 Å². The first-order valence-electron chi connectivity index (χ1n) is 4.62. The quantitative estimate of drug-likeness (QED) is 0.513. The van der Waals surface area contributed by atoms with Crippen molar-refractivity contribution < 1.29 is 4.74 Å². The van der Waals surface area contributed by atoms with Crippen LogP contribution in [0.25, 0.3) is 0 Å². The number of ether oxygens (including phenoxy) is 1. The van der Waals surface area contributed by atoms with Crippen LogP contribution in [0, 0.1) is 0 Å². The molecule has 78 valence electrons. The van der Waals surface area contributed by atoms with E-state index in [1.54, 1.807) is 6.26 Å². The zero-order chi connectivity index (χ0) is 11.0. The van der Waals surface area contributed by atoms with Gasteiger partial charge in [0.05, 0.1) is 6.26 Å². The average molecular weight is 257 g/mol. The molecule has 0 aliphatic carbocycles. The van der Waals surface area contributed by atoms with Crippen molar-refractivity contribution >= 4 is 15.9 Å². The molecule has 0 unspecified atom stereocenters. The van der Waals surface area contributed by atoms with Crippen LogP contribution in [-0.4, -0.2) is 0 Å². The van der Waals surface area contributed by atoms with Crippen LogP contribution in [0.4, 0.5) is 0 Å². The summed E-state index contributed by atoms with van der Waals surface area (Å²) in [7, 11) is 0. The molecule has 0 aliphatic heterocycles. The molecule has 0 N–H and O–H groups in total. The second-order valence-electron chi connectivity index (χ2n) is 2.82. The van der Waals surface area contributed by atoms with Crippen molar-refractivity contribution in [2.24, 2.45) is 0 Å². The minimum atomic E-state index is 0.675. The Kier molecular flexibility index (Phi) is 7.21. The summed E-state index contributed by atoms with van der Waals surface area (Å²) in [6.45, 7) is 9.81. The first kappa shape index (κ1) is 13.2. The summed E-state index contributed by atoms with van der Waals surface area (Å²) in [6, 6.07) is 0. The summed E-state index contributed by atoms with van der Waals surface area (Å²) >= 11 is 3.40. The van der Waals surface area contributed by atoms with Crippen molar-refractivity contribution in [3.05, 3.63) is 46.9 Å². The van der Waals surface area contributed by atoms with Crippen molar-refractivity contribution in [1.82, 2.24) is 0 Å². The van der Waals surface area contributed by atoms with Gasteiger partial charge in [-0.05, 0) is 38.0 Å². The SMILES string of the molecule is C=C(OC=CCC)C(C)=CC(Br)=CC. The van der Waals surface area contributed by atoms with Crippen LogP contribution in [0.15, 0.2) is 46.9 Å². The molecule has 0 radical (unpaired) electrons. The maximum atomic E-state index is 5.30. The van der Waals surface area contributed by atoms with Gasteiger partial charge in [-0.15, -0.1) is 0 Å². The third-order valence-corrected chi connectivity index (χ3v) is 2.30. The lowest BCUT2D eigenvalue weighted by Crippen LogP contribution is -1.85. The topological polar surface area (TPSA) is 9.23 Å². The van der Waals surface area contributed by atoms with E-state index in [9.17, 15) is 0 Å². The molecule has 0 saturated carbocycles. The molecule has 0 bridgehead atoms. The van der Waals surface area contributed by atoms with E-state index >= 15 is 0 Å². The van der Waals surface area contributed by atoms with Gasteiger partial charge in [-0.3, -0.25) is 0 Å². The molecule has 0 spiro atoms. The molecule has 0 saturated heterocycles. The highest BCUT2D eigenvalue weighted by molar-refractivity contribution is 9.11. The smallest absolute Gasteiger partial charge is 0.122 e. The Balaban J connectivity index is 4.25. The van der Waals surface area contributed by atoms with E-state index in [4.69, 9.17) is 4.74 Å². The van der Waals surface area contributed by atoms with Crippen LogP contribution >= 0.6 is 15.9 Å². The summed E-state index contributed by atoms with van der Waals surface area (Å²) in [4.78, 5) is 0. The largest absolute Gasteiger partial charge is 0.466 e. The van der Waals surface area contributed by atoms with E-state index in [2.05, 4.69) is 29.4 Å². The lowest BCUT2D eigenvalue weighted by Gasteiger charge is -2.04. The maximum Gasteiger partial charge on any atom is 0.122 e. The molecular formula is C12H17BrO. The third kappa shape index (κ3) is 5.81. The maximum absolute atomic E-state index is 5.30. The van der Waals surface area contributed by atoms with Gasteiger partial charge in [-0.2, -0.15) is 0 Å². The van der Waals surface area contributed by atoms with Gasteiger partial charge in [0.15, 0.2) is 0 Å². The van der Waals surface area contributed by atoms with Crippen molar-refractivity contribution in [1.29, 1.82) is 0 Å². The summed E-state index contributed by atoms with van der Waals surface area (Å²) < 4.78 is 6.33. The lowest BCUT2D eigenvalue weighted by atomic mass is 10.2. The molecule has 0 rings (SSSR count). The molecule has 2 heteroatoms. The van der Waals surface area contributed by atoms with Crippen LogP contribution < -0.4 is 0 Å². The first-order chi connectivity index (χ1) is 6.61. The van der Waals surface area contributed by atoms with Crippen molar-refractivity contribution in [3.8, 4) is 0 Å². The number of rotatable bonds is 5. The predicted molar refractivity (Wildman–Crippen MR) is 66.1 cm³/mol. The molecule has 0 aromatic carbocycles. The molecule has 0 amide bonds. The van der Waals surface area contributed by atoms with E-state index < -0.39 is 0 Å². The Bertz CT molecular complexity index is 272. The number of allylic oxidation sites excluding steroid dienone is 5. The van der Waals surface area contributed by atoms with Crippen LogP contribution in [-0.2, 0) is 4.74 Å². The van der Waals surface area contributed by atoms with Gasteiger partial charge < -0.3 is 4.74 Å². The average Bonchev–Trinajstić information content (AvgIpc) is 2.17. The Morgan fingerprint density at radius 2 is 2.14 bits per heavy atom. The lowest BCUT2D eigenvalue weighted by molar-refractivity contribution is 0.362. The van der Waals surface area contributed by atoms with Gasteiger partial charge in [-0.1, -0.05) is 35.5 Å². The minimum absolute atomic E-state index is 0.675. The number of hydrogen-bond acceptors (Lipinski definition) is 1. The fourth-order valence-corrected chi connectivity index (χ4v) is 1.03. The summed E-state index contributed by atoms with van der Waals surface area (Å²) in [6.07, 6.45) is 8.53. The van der Waals surface area contributed by atoms with Crippen LogP contribution in [0.2, 0.25) is 0 Å². The first-order valence-corrected chi connectivity index (χ1v) is 5.42. The molecule has 0 heterocycles. The van der Waals surface area contributed by atoms with Gasteiger partial charge in [0.2, 0.25) is 0 Å². The Morgan fingerprint density at radius 1 is 1.50 bits per heavy atom. The highest BCUT2D eigenvalue weighted by Crippen LogP contribution is 2.15. The van der Waals surface area contributed by atoms with Gasteiger partial charge >= 0.3 is 0 Å². The van der Waals surface area contributed by atoms with Crippen LogP contribution in [0.3, 0.4) is 0 Å². The van der Waals surface area contributed by atoms with Gasteiger partial charge in [-0.25, -0.2) is 0 Å². The second-order valence-corrected chi connectivity index (χ2v) is 3.74. The zero-order valence-corrected chi connectivity index (χ0v) is 10.6. The highest BCUT2D eigenvalue weighted by Gasteiger charge is 1.96. The molecule has 0 atom stereocenters. The second kappa shape index (κ2) is 7.63. The number of hydrogen-bond donors (Lipinski definition) is 0. The predicted octanol–water partition coefficient (Wildman–Crippen LogP) is 4.69. The standard InChI is InChI=1S/C12H17BrO/c1-5-7-8-14-11(4)10(3)9-12(13)6-2/h6-9H,4-5H2,1-3H3. The monoisotopic (exact) mass is 256 g/mol. The highest BCUT2D eigenvalue weighted by atomic mass is 79.9. The van der Waals surface area contributed by atoms with E-state index in [0.29, 0.717) is 5.76 Å². The normalized spacial score (nSPS) is 13.4. The third-order valence-electron chi connectivity index (χ3n) is 1.61. The zero-order valence-electron chi connectivity index (χ0n) is 9.01. The molecule has 14 heavy (non-hydrogen) atoms. The summed E-state index contributed by atoms with van der Waals surface area (Å²) in [5.74, 6) is 0.675. The van der Waals surface area contributed by atoms with Crippen LogP contribution in [0.1, 0.15) is 27.2 Å². The van der Waals surface area contributed by atoms with E-state index in [1.807, 2.05) is 32.1 Å². The fourth-order valence-electron chi connectivity index (χ4n) is 0.690. The van der Waals surface area contributed by atoms with E-state index in [0.717, 1.165) is 16.5 Å². The molecular weight excluding hydrogens is 240 g/mol. The summed E-state index contributed by atoms with van der Waals surface area (Å²) in [5.41, 5.74) is 1.01. The molecule has 1 nitrogen and oxygen atoms in total. The van der Waals surface area contributed by atoms with Crippen molar-refractivity contribution in [2.45, 2.75) is 27.2 Å². The molecule has 0 fully saturated rings.